The zero-order valence-electron chi connectivity index (χ0n) is 14.3. The Balaban J connectivity index is 1.57. The molecule has 3 rings (SSSR count). The van der Waals surface area contributed by atoms with E-state index in [-0.39, 0.29) is 29.0 Å². The topological polar surface area (TPSA) is 71.4 Å². The molecule has 1 aromatic carbocycles. The van der Waals surface area contributed by atoms with Crippen LogP contribution in [0.25, 0.3) is 0 Å². The van der Waals surface area contributed by atoms with Crippen LogP contribution in [0.2, 0.25) is 5.02 Å². The molecule has 0 N–H and O–H groups in total. The SMILES string of the molecule is CCOC(=O)N1CCN(C(=O)[C@@H]2CC(c3c(F)cccc3Cl)=NO2)CC1. The minimum Gasteiger partial charge on any atom is -0.450 e. The van der Waals surface area contributed by atoms with Crippen molar-refractivity contribution in [3.8, 4) is 0 Å². The molecule has 2 aliphatic rings. The summed E-state index contributed by atoms with van der Waals surface area (Å²) in [5, 5.41) is 4.08. The van der Waals surface area contributed by atoms with Crippen molar-refractivity contribution in [1.29, 1.82) is 0 Å². The van der Waals surface area contributed by atoms with Gasteiger partial charge >= 0.3 is 6.09 Å². The molecule has 0 aromatic heterocycles. The predicted octanol–water partition coefficient (Wildman–Crippen LogP) is 2.27. The smallest absolute Gasteiger partial charge is 0.409 e. The Hall–Kier alpha value is -2.35. The van der Waals surface area contributed by atoms with Gasteiger partial charge in [-0.05, 0) is 19.1 Å². The summed E-state index contributed by atoms with van der Waals surface area (Å²) in [6.45, 7) is 3.61. The van der Waals surface area contributed by atoms with E-state index in [0.717, 1.165) is 0 Å². The number of hydrogen-bond donors (Lipinski definition) is 0. The fourth-order valence-electron chi connectivity index (χ4n) is 2.96. The van der Waals surface area contributed by atoms with Gasteiger partial charge in [-0.1, -0.05) is 22.8 Å². The molecule has 0 radical (unpaired) electrons. The molecule has 1 fully saturated rings. The Morgan fingerprint density at radius 2 is 2.00 bits per heavy atom. The van der Waals surface area contributed by atoms with Crippen molar-refractivity contribution in [3.63, 3.8) is 0 Å². The maximum Gasteiger partial charge on any atom is 0.409 e. The van der Waals surface area contributed by atoms with E-state index in [4.69, 9.17) is 21.2 Å². The van der Waals surface area contributed by atoms with Gasteiger partial charge in [0.2, 0.25) is 6.10 Å². The molecule has 1 saturated heterocycles. The molecule has 0 aliphatic carbocycles. The second-order valence-corrected chi connectivity index (χ2v) is 6.35. The molecular weight excluding hydrogens is 365 g/mol. The highest BCUT2D eigenvalue weighted by Crippen LogP contribution is 2.26. The number of ether oxygens (including phenoxy) is 1. The van der Waals surface area contributed by atoms with Gasteiger partial charge in [0.1, 0.15) is 5.82 Å². The zero-order valence-corrected chi connectivity index (χ0v) is 15.0. The highest BCUT2D eigenvalue weighted by atomic mass is 35.5. The molecular formula is C17H19ClFN3O4. The Bertz CT molecular complexity index is 714. The molecule has 0 saturated carbocycles. The Morgan fingerprint density at radius 3 is 2.65 bits per heavy atom. The van der Waals surface area contributed by atoms with E-state index in [1.807, 2.05) is 0 Å². The van der Waals surface area contributed by atoms with Gasteiger partial charge in [0.15, 0.2) is 0 Å². The number of rotatable bonds is 3. The average Bonchev–Trinajstić information content (AvgIpc) is 3.11. The first-order valence-electron chi connectivity index (χ1n) is 8.38. The highest BCUT2D eigenvalue weighted by molar-refractivity contribution is 6.34. The van der Waals surface area contributed by atoms with Gasteiger partial charge in [-0.15, -0.1) is 0 Å². The second-order valence-electron chi connectivity index (χ2n) is 5.94. The summed E-state index contributed by atoms with van der Waals surface area (Å²) in [4.78, 5) is 32.7. The molecule has 2 heterocycles. The number of oxime groups is 1. The van der Waals surface area contributed by atoms with Gasteiger partial charge in [0.05, 0.1) is 22.9 Å². The first-order valence-corrected chi connectivity index (χ1v) is 8.76. The number of amides is 2. The molecule has 2 amide bonds. The summed E-state index contributed by atoms with van der Waals surface area (Å²) < 4.78 is 19.0. The van der Waals surface area contributed by atoms with E-state index in [9.17, 15) is 14.0 Å². The lowest BCUT2D eigenvalue weighted by Gasteiger charge is -2.34. The van der Waals surface area contributed by atoms with E-state index in [1.54, 1.807) is 22.8 Å². The lowest BCUT2D eigenvalue weighted by atomic mass is 10.0. The van der Waals surface area contributed by atoms with Gasteiger partial charge in [0, 0.05) is 32.6 Å². The predicted molar refractivity (Wildman–Crippen MR) is 92.6 cm³/mol. The van der Waals surface area contributed by atoms with Crippen molar-refractivity contribution in [2.24, 2.45) is 5.16 Å². The molecule has 0 unspecified atom stereocenters. The van der Waals surface area contributed by atoms with Gasteiger partial charge in [-0.25, -0.2) is 9.18 Å². The summed E-state index contributed by atoms with van der Waals surface area (Å²) in [7, 11) is 0. The van der Waals surface area contributed by atoms with Crippen LogP contribution in [0.5, 0.6) is 0 Å². The number of carbonyl (C=O) groups is 2. The molecule has 1 atom stereocenters. The van der Waals surface area contributed by atoms with Gasteiger partial charge in [-0.3, -0.25) is 4.79 Å². The molecule has 140 valence electrons. The van der Waals surface area contributed by atoms with Crippen LogP contribution >= 0.6 is 11.6 Å². The van der Waals surface area contributed by atoms with Crippen LogP contribution < -0.4 is 0 Å². The molecule has 26 heavy (non-hydrogen) atoms. The van der Waals surface area contributed by atoms with E-state index < -0.39 is 11.9 Å². The van der Waals surface area contributed by atoms with E-state index in [1.165, 1.54) is 12.1 Å². The lowest BCUT2D eigenvalue weighted by Crippen LogP contribution is -2.53. The van der Waals surface area contributed by atoms with E-state index in [2.05, 4.69) is 5.16 Å². The van der Waals surface area contributed by atoms with E-state index >= 15 is 0 Å². The monoisotopic (exact) mass is 383 g/mol. The average molecular weight is 384 g/mol. The van der Waals surface area contributed by atoms with Crippen LogP contribution in [-0.2, 0) is 14.4 Å². The standard InChI is InChI=1S/C17H19ClFN3O4/c1-2-25-17(24)22-8-6-21(7-9-22)16(23)14-10-13(20-26-14)15-11(18)4-3-5-12(15)19/h3-5,14H,2,6-10H2,1H3/t14-/m0/s1. The van der Waals surface area contributed by atoms with Crippen LogP contribution in [0.4, 0.5) is 9.18 Å². The third kappa shape index (κ3) is 3.75. The third-order valence-electron chi connectivity index (χ3n) is 4.31. The van der Waals surface area contributed by atoms with Crippen LogP contribution in [0.1, 0.15) is 18.9 Å². The molecule has 2 aliphatic heterocycles. The summed E-state index contributed by atoms with van der Waals surface area (Å²) in [6, 6.07) is 4.35. The molecule has 0 bridgehead atoms. The quantitative estimate of drug-likeness (QED) is 0.802. The first-order chi connectivity index (χ1) is 12.5. The summed E-state index contributed by atoms with van der Waals surface area (Å²) in [6.07, 6.45) is -1.04. The van der Waals surface area contributed by atoms with E-state index in [0.29, 0.717) is 38.5 Å². The maximum atomic E-state index is 14.0. The minimum absolute atomic E-state index is 0.150. The summed E-state index contributed by atoms with van der Waals surface area (Å²) >= 11 is 6.04. The second kappa shape index (κ2) is 7.90. The maximum absolute atomic E-state index is 14.0. The van der Waals surface area contributed by atoms with Crippen molar-refractivity contribution in [1.82, 2.24) is 9.80 Å². The number of piperazine rings is 1. The van der Waals surface area contributed by atoms with Crippen LogP contribution in [0.15, 0.2) is 23.4 Å². The number of carbonyl (C=O) groups excluding carboxylic acids is 2. The lowest BCUT2D eigenvalue weighted by molar-refractivity contribution is -0.143. The Labute approximate surface area is 155 Å². The molecule has 1 aromatic rings. The largest absolute Gasteiger partial charge is 0.450 e. The fourth-order valence-corrected chi connectivity index (χ4v) is 3.23. The summed E-state index contributed by atoms with van der Waals surface area (Å²) in [5.74, 6) is -0.740. The van der Waals surface area contributed by atoms with Crippen molar-refractivity contribution in [2.75, 3.05) is 32.8 Å². The minimum atomic E-state index is -0.810. The number of halogens is 2. The zero-order chi connectivity index (χ0) is 18.7. The van der Waals surface area contributed by atoms with Crippen LogP contribution in [0, 0.1) is 5.82 Å². The Kier molecular flexibility index (Phi) is 5.61. The summed E-state index contributed by atoms with van der Waals surface area (Å²) in [5.41, 5.74) is 0.480. The van der Waals surface area contributed by atoms with Crippen LogP contribution in [-0.4, -0.2) is 66.4 Å². The number of benzene rings is 1. The van der Waals surface area contributed by atoms with Crippen molar-refractivity contribution in [2.45, 2.75) is 19.4 Å². The van der Waals surface area contributed by atoms with Crippen molar-refractivity contribution < 1.29 is 23.6 Å². The fraction of sp³-hybridized carbons (Fsp3) is 0.471. The van der Waals surface area contributed by atoms with Gasteiger partial charge in [-0.2, -0.15) is 0 Å². The third-order valence-corrected chi connectivity index (χ3v) is 4.63. The van der Waals surface area contributed by atoms with Crippen molar-refractivity contribution >= 4 is 29.3 Å². The van der Waals surface area contributed by atoms with Crippen LogP contribution in [0.3, 0.4) is 0 Å². The van der Waals surface area contributed by atoms with Gasteiger partial charge in [0.25, 0.3) is 5.91 Å². The number of hydrogen-bond acceptors (Lipinski definition) is 5. The highest BCUT2D eigenvalue weighted by Gasteiger charge is 2.35. The normalized spacial score (nSPS) is 19.8. The molecule has 0 spiro atoms. The van der Waals surface area contributed by atoms with Crippen molar-refractivity contribution in [3.05, 3.63) is 34.6 Å². The Morgan fingerprint density at radius 1 is 1.31 bits per heavy atom. The van der Waals surface area contributed by atoms with Gasteiger partial charge < -0.3 is 19.4 Å². The number of nitrogens with zero attached hydrogens (tertiary/aromatic N) is 3. The molecule has 7 nitrogen and oxygen atoms in total. The molecule has 9 heteroatoms. The first kappa shape index (κ1) is 18.4.